The highest BCUT2D eigenvalue weighted by Gasteiger charge is 2.22. The Bertz CT molecular complexity index is 855. The summed E-state index contributed by atoms with van der Waals surface area (Å²) in [7, 11) is 7.15. The highest BCUT2D eigenvalue weighted by molar-refractivity contribution is 14.2. The molecule has 1 amide bonds. The maximum absolute atomic E-state index is 13.0. The average molecular weight is 488 g/mol. The number of piperidine rings is 1. The minimum absolute atomic E-state index is 0.0188. The zero-order valence-corrected chi connectivity index (χ0v) is 18.4. The Morgan fingerprint density at radius 2 is 2.04 bits per heavy atom. The summed E-state index contributed by atoms with van der Waals surface area (Å²) >= 11 is 2.14. The molecule has 0 N–H and O–H groups in total. The van der Waals surface area contributed by atoms with Crippen molar-refractivity contribution in [3.63, 3.8) is 0 Å². The lowest BCUT2D eigenvalue weighted by Gasteiger charge is -2.30. The number of likely N-dealkylation sites (tertiary alicyclic amines) is 1. The number of aromatic nitrogens is 2. The van der Waals surface area contributed by atoms with Gasteiger partial charge in [0.1, 0.15) is 5.52 Å². The second-order valence-electron chi connectivity index (χ2n) is 7.19. The number of halogens is 1. The van der Waals surface area contributed by atoms with E-state index in [9.17, 15) is 9.59 Å². The monoisotopic (exact) mass is 488 g/mol. The van der Waals surface area contributed by atoms with Gasteiger partial charge in [0.2, 0.25) is 0 Å². The lowest BCUT2D eigenvalue weighted by Crippen LogP contribution is -2.34. The molecule has 0 unspecified atom stereocenters. The molecule has 1 saturated heterocycles. The molecular weight excluding hydrogens is 463 g/mol. The van der Waals surface area contributed by atoms with Crippen LogP contribution in [0.5, 0.6) is 0 Å². The first-order valence-corrected chi connectivity index (χ1v) is 12.2. The zero-order chi connectivity index (χ0) is 18.8. The smallest absolute Gasteiger partial charge is 0.275 e. The van der Waals surface area contributed by atoms with Crippen molar-refractivity contribution in [3.05, 3.63) is 34.4 Å². The molecule has 0 atom stereocenters. The number of hydrogen-bond donors (Lipinski definition) is 0. The van der Waals surface area contributed by atoms with Crippen LogP contribution in [0, 0.1) is 5.92 Å². The molecule has 0 aromatic carbocycles. The maximum Gasteiger partial charge on any atom is 0.275 e. The molecule has 142 valence electrons. The van der Waals surface area contributed by atoms with Crippen LogP contribution in [0.4, 0.5) is 0 Å². The second-order valence-corrected chi connectivity index (χ2v) is 8.91. The minimum Gasteiger partial charge on any atom is -0.342 e. The largest absolute Gasteiger partial charge is 0.342 e. The fourth-order valence-electron chi connectivity index (χ4n) is 3.59. The van der Waals surface area contributed by atoms with Gasteiger partial charge in [-0.3, -0.25) is 13.6 Å². The van der Waals surface area contributed by atoms with Crippen molar-refractivity contribution >= 4 is 47.1 Å². The summed E-state index contributed by atoms with van der Waals surface area (Å²) in [6, 6.07) is 1.86. The van der Waals surface area contributed by atoms with E-state index < -0.39 is 0 Å². The molecule has 2 aromatic heterocycles. The van der Waals surface area contributed by atoms with Crippen LogP contribution < -0.4 is 5.56 Å². The van der Waals surface area contributed by atoms with Gasteiger partial charge >= 0.3 is 0 Å². The molecule has 3 rings (SSSR count). The van der Waals surface area contributed by atoms with Crippen molar-refractivity contribution in [3.8, 4) is 0 Å². The Hall–Kier alpha value is -1.00. The fraction of sp³-hybridized carbons (Fsp3) is 0.556. The number of amides is 1. The van der Waals surface area contributed by atoms with Gasteiger partial charge in [-0.2, -0.15) is 0 Å². The van der Waals surface area contributed by atoms with Gasteiger partial charge in [0.15, 0.2) is 0 Å². The summed E-state index contributed by atoms with van der Waals surface area (Å²) in [5, 5.41) is 0.730. The van der Waals surface area contributed by atoms with Gasteiger partial charge < -0.3 is 14.4 Å². The van der Waals surface area contributed by atoms with Crippen LogP contribution >= 0.6 is 30.3 Å². The SMILES string of the molecule is CN1CCC(CCN(C)C(=O)c2cn(C)c(=O)c3c2ccn3SI)CC1. The number of carbonyl (C=O) groups is 1. The van der Waals surface area contributed by atoms with Crippen LogP contribution in [0.3, 0.4) is 0 Å². The molecule has 0 radical (unpaired) electrons. The zero-order valence-electron chi connectivity index (χ0n) is 15.4. The van der Waals surface area contributed by atoms with E-state index in [4.69, 9.17) is 0 Å². The number of carbonyl (C=O) groups excluding carboxylic acids is 1. The van der Waals surface area contributed by atoms with Crippen molar-refractivity contribution in [1.82, 2.24) is 18.3 Å². The van der Waals surface area contributed by atoms with Gasteiger partial charge in [-0.05, 0) is 51.4 Å². The number of fused-ring (bicyclic) bond motifs is 1. The molecule has 2 aromatic rings. The van der Waals surface area contributed by atoms with Crippen LogP contribution in [0.1, 0.15) is 29.6 Å². The van der Waals surface area contributed by atoms with E-state index in [-0.39, 0.29) is 11.5 Å². The van der Waals surface area contributed by atoms with Gasteiger partial charge in [-0.1, -0.05) is 0 Å². The first-order chi connectivity index (χ1) is 12.4. The van der Waals surface area contributed by atoms with Crippen molar-refractivity contribution in [2.24, 2.45) is 13.0 Å². The predicted octanol–water partition coefficient (Wildman–Crippen LogP) is 2.99. The number of hydrogen-bond acceptors (Lipinski definition) is 4. The Morgan fingerprint density at radius 1 is 1.35 bits per heavy atom. The first-order valence-electron chi connectivity index (χ1n) is 8.86. The number of rotatable bonds is 5. The maximum atomic E-state index is 13.0. The Kier molecular flexibility index (Phi) is 6.34. The molecule has 8 heteroatoms. The van der Waals surface area contributed by atoms with Crippen molar-refractivity contribution in [1.29, 1.82) is 0 Å². The summed E-state index contributed by atoms with van der Waals surface area (Å²) in [4.78, 5) is 29.7. The van der Waals surface area contributed by atoms with E-state index in [1.54, 1.807) is 18.1 Å². The Morgan fingerprint density at radius 3 is 2.69 bits per heavy atom. The van der Waals surface area contributed by atoms with Crippen LogP contribution in [-0.4, -0.2) is 58.0 Å². The number of nitrogens with zero attached hydrogens (tertiary/aromatic N) is 4. The third kappa shape index (κ3) is 3.96. The predicted molar refractivity (Wildman–Crippen MR) is 116 cm³/mol. The molecule has 1 fully saturated rings. The van der Waals surface area contributed by atoms with Crippen LogP contribution in [0.15, 0.2) is 23.3 Å². The second kappa shape index (κ2) is 8.35. The molecule has 0 saturated carbocycles. The van der Waals surface area contributed by atoms with Gasteiger partial charge in [-0.25, -0.2) is 0 Å². The van der Waals surface area contributed by atoms with Crippen molar-refractivity contribution in [2.45, 2.75) is 19.3 Å². The van der Waals surface area contributed by atoms with Crippen molar-refractivity contribution in [2.75, 3.05) is 33.7 Å². The molecule has 1 aliphatic heterocycles. The average Bonchev–Trinajstić information content (AvgIpc) is 3.07. The molecule has 0 aliphatic carbocycles. The van der Waals surface area contributed by atoms with Gasteiger partial charge in [0, 0.05) is 68.7 Å². The van der Waals surface area contributed by atoms with E-state index in [1.807, 2.05) is 23.3 Å². The van der Waals surface area contributed by atoms with Crippen LogP contribution in [0.25, 0.3) is 10.9 Å². The van der Waals surface area contributed by atoms with Crippen molar-refractivity contribution < 1.29 is 4.79 Å². The summed E-state index contributed by atoms with van der Waals surface area (Å²) in [5.41, 5.74) is 1.08. The lowest BCUT2D eigenvalue weighted by atomic mass is 9.93. The molecule has 1 aliphatic rings. The van der Waals surface area contributed by atoms with E-state index in [0.717, 1.165) is 31.4 Å². The quantitative estimate of drug-likeness (QED) is 0.608. The lowest BCUT2D eigenvalue weighted by molar-refractivity contribution is 0.0781. The standard InChI is InChI=1S/C18H25IN4O2S/c1-20-8-4-13(5-9-20)6-10-21(2)17(24)15-12-22(3)18(25)16-14(15)7-11-23(16)26-19/h7,11-13H,4-6,8-10H2,1-3H3. The third-order valence-electron chi connectivity index (χ3n) is 5.35. The van der Waals surface area contributed by atoms with Crippen LogP contribution in [-0.2, 0) is 7.05 Å². The molecular formula is C18H25IN4O2S. The van der Waals surface area contributed by atoms with Crippen LogP contribution in [0.2, 0.25) is 0 Å². The van der Waals surface area contributed by atoms with E-state index in [0.29, 0.717) is 17.0 Å². The first kappa shape index (κ1) is 19.8. The normalized spacial score (nSPS) is 16.3. The molecule has 0 bridgehead atoms. The summed E-state index contributed by atoms with van der Waals surface area (Å²) in [5.74, 6) is 0.674. The van der Waals surface area contributed by atoms with E-state index >= 15 is 0 Å². The topological polar surface area (TPSA) is 50.5 Å². The fourth-order valence-corrected chi connectivity index (χ4v) is 4.93. The number of aryl methyl sites for hydroxylation is 1. The van der Waals surface area contributed by atoms with Gasteiger partial charge in [0.25, 0.3) is 11.5 Å². The molecule has 6 nitrogen and oxygen atoms in total. The van der Waals surface area contributed by atoms with Gasteiger partial charge in [-0.15, -0.1) is 0 Å². The highest BCUT2D eigenvalue weighted by atomic mass is 127. The number of pyridine rings is 1. The minimum atomic E-state index is -0.0836. The Balaban J connectivity index is 1.78. The molecule has 0 spiro atoms. The molecule has 26 heavy (non-hydrogen) atoms. The van der Waals surface area contributed by atoms with Gasteiger partial charge in [0.05, 0.1) is 5.56 Å². The highest BCUT2D eigenvalue weighted by Crippen LogP contribution is 2.26. The summed E-state index contributed by atoms with van der Waals surface area (Å²) in [6.45, 7) is 3.04. The molecule has 3 heterocycles. The van der Waals surface area contributed by atoms with E-state index in [2.05, 4.69) is 33.2 Å². The summed E-state index contributed by atoms with van der Waals surface area (Å²) < 4.78 is 3.32. The third-order valence-corrected chi connectivity index (χ3v) is 7.08. The Labute approximate surface area is 170 Å². The summed E-state index contributed by atoms with van der Waals surface area (Å²) in [6.07, 6.45) is 6.96. The van der Waals surface area contributed by atoms with E-state index in [1.165, 1.54) is 26.5 Å².